The van der Waals surface area contributed by atoms with Crippen LogP contribution in [0.1, 0.15) is 6.92 Å². The summed E-state index contributed by atoms with van der Waals surface area (Å²) < 4.78 is 65.6. The molecule has 0 heterocycles. The van der Waals surface area contributed by atoms with Crippen LogP contribution in [0.2, 0.25) is 0 Å². The quantitative estimate of drug-likeness (QED) is 0.480. The Balaban J connectivity index is 4.38. The van der Waals surface area contributed by atoms with Gasteiger partial charge in [-0.15, -0.1) is 0 Å². The van der Waals surface area contributed by atoms with Crippen molar-refractivity contribution in [2.45, 2.75) is 13.0 Å². The van der Waals surface area contributed by atoms with E-state index < -0.39 is 46.0 Å². The number of rotatable bonds is 7. The first-order chi connectivity index (χ1) is 7.05. The summed E-state index contributed by atoms with van der Waals surface area (Å²) in [5.74, 6) is -0.895. The molecule has 0 fully saturated rings. The summed E-state index contributed by atoms with van der Waals surface area (Å²) in [5, 5.41) is 8.72. The van der Waals surface area contributed by atoms with Crippen LogP contribution in [0.25, 0.3) is 0 Å². The Morgan fingerprint density at radius 1 is 1.12 bits per heavy atom. The van der Waals surface area contributed by atoms with E-state index in [1.807, 2.05) is 0 Å². The lowest BCUT2D eigenvalue weighted by molar-refractivity contribution is 0.0483. The maximum atomic E-state index is 10.3. The highest BCUT2D eigenvalue weighted by atomic mass is 32.3. The van der Waals surface area contributed by atoms with Crippen molar-refractivity contribution < 1.29 is 39.4 Å². The molecule has 0 aliphatic heterocycles. The molecule has 2 atom stereocenters. The van der Waals surface area contributed by atoms with Crippen LogP contribution in [-0.2, 0) is 29.2 Å². The fourth-order valence-electron chi connectivity index (χ4n) is 0.762. The minimum Gasteiger partial charge on any atom is -0.394 e. The minimum atomic E-state index is -4.76. The average Bonchev–Trinajstić information content (AvgIpc) is 2.07. The normalized spacial score (nSPS) is 17.0. The van der Waals surface area contributed by atoms with Crippen molar-refractivity contribution in [3.05, 3.63) is 0 Å². The zero-order chi connectivity index (χ0) is 13.0. The third-order valence-electron chi connectivity index (χ3n) is 1.54. The molecular formula is C5H12O9S2. The van der Waals surface area contributed by atoms with E-state index in [0.717, 1.165) is 0 Å². The molecule has 0 amide bonds. The van der Waals surface area contributed by atoms with Gasteiger partial charge >= 0.3 is 20.8 Å². The molecule has 2 unspecified atom stereocenters. The number of aliphatic hydroxyl groups is 1. The van der Waals surface area contributed by atoms with Gasteiger partial charge in [0.1, 0.15) is 6.10 Å². The predicted molar refractivity (Wildman–Crippen MR) is 50.2 cm³/mol. The standard InChI is InChI=1S/C5H12O9S2/c1-4(3-13-15(7,8)9)5(2-6)14-16(10,11)12/h4-6H,2-3H2,1H3,(H,7,8,9)(H,10,11,12). The minimum absolute atomic E-state index is 0.612. The second-order valence-electron chi connectivity index (χ2n) is 2.93. The van der Waals surface area contributed by atoms with Crippen molar-refractivity contribution in [3.63, 3.8) is 0 Å². The Hall–Kier alpha value is -0.300. The van der Waals surface area contributed by atoms with Crippen LogP contribution in [-0.4, -0.2) is 50.4 Å². The molecule has 16 heavy (non-hydrogen) atoms. The molecule has 98 valence electrons. The van der Waals surface area contributed by atoms with Crippen LogP contribution >= 0.6 is 0 Å². The molecule has 0 aromatic carbocycles. The van der Waals surface area contributed by atoms with Crippen LogP contribution in [0, 0.1) is 5.92 Å². The summed E-state index contributed by atoms with van der Waals surface area (Å²) in [4.78, 5) is 0. The smallest absolute Gasteiger partial charge is 0.394 e. The lowest BCUT2D eigenvalue weighted by atomic mass is 10.1. The highest BCUT2D eigenvalue weighted by molar-refractivity contribution is 7.81. The Morgan fingerprint density at radius 3 is 1.94 bits per heavy atom. The van der Waals surface area contributed by atoms with E-state index in [4.69, 9.17) is 14.2 Å². The Kier molecular flexibility index (Phi) is 5.75. The molecule has 9 nitrogen and oxygen atoms in total. The van der Waals surface area contributed by atoms with Crippen LogP contribution in [0.4, 0.5) is 0 Å². The van der Waals surface area contributed by atoms with Gasteiger partial charge in [0.15, 0.2) is 0 Å². The van der Waals surface area contributed by atoms with Crippen molar-refractivity contribution in [1.82, 2.24) is 0 Å². The fraction of sp³-hybridized carbons (Fsp3) is 1.00. The number of hydrogen-bond donors (Lipinski definition) is 3. The van der Waals surface area contributed by atoms with Crippen LogP contribution in [0.5, 0.6) is 0 Å². The third-order valence-corrected chi connectivity index (χ3v) is 2.46. The zero-order valence-corrected chi connectivity index (χ0v) is 9.81. The molecule has 11 heteroatoms. The van der Waals surface area contributed by atoms with Crippen LogP contribution in [0.15, 0.2) is 0 Å². The molecule has 0 aromatic heterocycles. The summed E-state index contributed by atoms with van der Waals surface area (Å²) in [6.07, 6.45) is -1.38. The van der Waals surface area contributed by atoms with Gasteiger partial charge < -0.3 is 5.11 Å². The first kappa shape index (κ1) is 15.7. The maximum absolute atomic E-state index is 10.3. The number of hydrogen-bond acceptors (Lipinski definition) is 7. The molecule has 0 saturated carbocycles. The van der Waals surface area contributed by atoms with Crippen molar-refractivity contribution in [3.8, 4) is 0 Å². The second-order valence-corrected chi connectivity index (χ2v) is 5.07. The molecule has 0 aliphatic rings. The third kappa shape index (κ3) is 7.92. The van der Waals surface area contributed by atoms with Gasteiger partial charge in [-0.25, -0.2) is 8.37 Å². The highest BCUT2D eigenvalue weighted by Crippen LogP contribution is 2.11. The van der Waals surface area contributed by atoms with Gasteiger partial charge in [-0.1, -0.05) is 6.92 Å². The molecule has 0 bridgehead atoms. The van der Waals surface area contributed by atoms with Gasteiger partial charge in [-0.05, 0) is 0 Å². The largest absolute Gasteiger partial charge is 0.397 e. The summed E-state index contributed by atoms with van der Waals surface area (Å²) in [5.41, 5.74) is 0. The average molecular weight is 280 g/mol. The van der Waals surface area contributed by atoms with Crippen LogP contribution in [0.3, 0.4) is 0 Å². The molecular weight excluding hydrogens is 268 g/mol. The Labute approximate surface area is 92.9 Å². The van der Waals surface area contributed by atoms with Crippen molar-refractivity contribution >= 4 is 20.8 Å². The highest BCUT2D eigenvalue weighted by Gasteiger charge is 2.24. The summed E-state index contributed by atoms with van der Waals surface area (Å²) >= 11 is 0. The van der Waals surface area contributed by atoms with E-state index in [1.165, 1.54) is 6.92 Å². The van der Waals surface area contributed by atoms with Gasteiger partial charge in [0.05, 0.1) is 13.2 Å². The van der Waals surface area contributed by atoms with Gasteiger partial charge in [-0.3, -0.25) is 9.11 Å². The van der Waals surface area contributed by atoms with Gasteiger partial charge in [0.25, 0.3) is 0 Å². The van der Waals surface area contributed by atoms with E-state index in [9.17, 15) is 16.8 Å². The molecule has 0 rings (SSSR count). The Bertz CT molecular complexity index is 396. The van der Waals surface area contributed by atoms with E-state index in [0.29, 0.717) is 0 Å². The Morgan fingerprint density at radius 2 is 1.62 bits per heavy atom. The monoisotopic (exact) mass is 280 g/mol. The predicted octanol–water partition coefficient (Wildman–Crippen LogP) is -1.38. The molecule has 0 radical (unpaired) electrons. The molecule has 0 saturated heterocycles. The van der Waals surface area contributed by atoms with E-state index in [1.54, 1.807) is 0 Å². The zero-order valence-electron chi connectivity index (χ0n) is 8.18. The van der Waals surface area contributed by atoms with Gasteiger partial charge in [-0.2, -0.15) is 16.8 Å². The van der Waals surface area contributed by atoms with Crippen molar-refractivity contribution in [1.29, 1.82) is 0 Å². The van der Waals surface area contributed by atoms with Crippen molar-refractivity contribution in [2.75, 3.05) is 13.2 Å². The van der Waals surface area contributed by atoms with E-state index in [-0.39, 0.29) is 0 Å². The first-order valence-corrected chi connectivity index (χ1v) is 6.66. The lowest BCUT2D eigenvalue weighted by Gasteiger charge is -2.19. The van der Waals surface area contributed by atoms with Crippen molar-refractivity contribution in [2.24, 2.45) is 5.92 Å². The van der Waals surface area contributed by atoms with Gasteiger partial charge in [0, 0.05) is 5.92 Å². The summed E-state index contributed by atoms with van der Waals surface area (Å²) in [7, 11) is -9.42. The van der Waals surface area contributed by atoms with Crippen LogP contribution < -0.4 is 0 Å². The topological polar surface area (TPSA) is 147 Å². The number of aliphatic hydroxyl groups excluding tert-OH is 1. The fourth-order valence-corrected chi connectivity index (χ4v) is 1.71. The second kappa shape index (κ2) is 5.86. The maximum Gasteiger partial charge on any atom is 0.397 e. The van der Waals surface area contributed by atoms with E-state index >= 15 is 0 Å². The SMILES string of the molecule is CC(COS(=O)(=O)O)C(CO)OS(=O)(=O)O. The first-order valence-electron chi connectivity index (χ1n) is 3.93. The molecule has 3 N–H and O–H groups in total. The van der Waals surface area contributed by atoms with E-state index in [2.05, 4.69) is 8.37 Å². The summed E-state index contributed by atoms with van der Waals surface area (Å²) in [6.45, 7) is -0.105. The molecule has 0 aromatic rings. The van der Waals surface area contributed by atoms with Gasteiger partial charge in [0.2, 0.25) is 0 Å². The lowest BCUT2D eigenvalue weighted by Crippen LogP contribution is -2.32. The molecule has 0 aliphatic carbocycles. The molecule has 0 spiro atoms. The summed E-state index contributed by atoms with van der Waals surface area (Å²) in [6, 6.07) is 0.